The molecule has 1 amide bonds. The van der Waals surface area contributed by atoms with Gasteiger partial charge in [0.15, 0.2) is 0 Å². The summed E-state index contributed by atoms with van der Waals surface area (Å²) >= 11 is 0. The predicted molar refractivity (Wildman–Crippen MR) is 101 cm³/mol. The van der Waals surface area contributed by atoms with Crippen molar-refractivity contribution in [3.8, 4) is 5.75 Å². The number of amides is 1. The summed E-state index contributed by atoms with van der Waals surface area (Å²) in [5, 5.41) is 9.30. The smallest absolute Gasteiger partial charge is 0.410 e. The Bertz CT molecular complexity index is 760. The van der Waals surface area contributed by atoms with Crippen LogP contribution in [-0.4, -0.2) is 41.9 Å². The van der Waals surface area contributed by atoms with E-state index in [-0.39, 0.29) is 17.1 Å². The average molecular weight is 377 g/mol. The van der Waals surface area contributed by atoms with Crippen LogP contribution in [0, 0.1) is 11.2 Å². The van der Waals surface area contributed by atoms with Crippen molar-refractivity contribution in [2.24, 2.45) is 5.41 Å². The zero-order valence-electron chi connectivity index (χ0n) is 16.5. The second-order valence-corrected chi connectivity index (χ2v) is 8.57. The predicted octanol–water partition coefficient (Wildman–Crippen LogP) is 4.13. The van der Waals surface area contributed by atoms with Crippen LogP contribution >= 0.6 is 0 Å². The van der Waals surface area contributed by atoms with Crippen molar-refractivity contribution in [3.05, 3.63) is 35.2 Å². The molecule has 5 nitrogen and oxygen atoms in total. The fourth-order valence-electron chi connectivity index (χ4n) is 3.84. The molecule has 0 unspecified atom stereocenters. The third-order valence-electron chi connectivity index (χ3n) is 5.31. The normalized spacial score (nSPS) is 18.7. The van der Waals surface area contributed by atoms with E-state index in [0.29, 0.717) is 18.8 Å². The summed E-state index contributed by atoms with van der Waals surface area (Å²) in [7, 11) is 1.47. The molecule has 1 fully saturated rings. The van der Waals surface area contributed by atoms with E-state index in [1.165, 1.54) is 13.2 Å². The molecule has 2 aliphatic rings. The van der Waals surface area contributed by atoms with Gasteiger partial charge in [0, 0.05) is 18.5 Å². The van der Waals surface area contributed by atoms with Crippen LogP contribution in [0.3, 0.4) is 0 Å². The fourth-order valence-corrected chi connectivity index (χ4v) is 3.84. The molecule has 1 saturated heterocycles. The molecule has 148 valence electrons. The Kier molecular flexibility index (Phi) is 5.21. The molecule has 0 bridgehead atoms. The van der Waals surface area contributed by atoms with Gasteiger partial charge in [-0.3, -0.25) is 0 Å². The van der Waals surface area contributed by atoms with Crippen molar-refractivity contribution in [1.29, 1.82) is 0 Å². The van der Waals surface area contributed by atoms with E-state index in [2.05, 4.69) is 6.08 Å². The molecule has 0 radical (unpaired) electrons. The summed E-state index contributed by atoms with van der Waals surface area (Å²) in [4.78, 5) is 13.9. The Hall–Kier alpha value is -2.08. The van der Waals surface area contributed by atoms with Gasteiger partial charge >= 0.3 is 6.09 Å². The van der Waals surface area contributed by atoms with Gasteiger partial charge in [-0.25, -0.2) is 9.18 Å². The van der Waals surface area contributed by atoms with Crippen molar-refractivity contribution >= 4 is 11.7 Å². The Morgan fingerprint density at radius 1 is 1.33 bits per heavy atom. The number of carbonyl (C=O) groups excluding carboxylic acids is 1. The van der Waals surface area contributed by atoms with Crippen LogP contribution in [0.2, 0.25) is 0 Å². The van der Waals surface area contributed by atoms with Crippen molar-refractivity contribution < 1.29 is 23.8 Å². The standard InChI is InChI=1S/C21H28FNO4/c1-20(2,3)27-19(25)23-12-21(13-23)7-5-14(6-8-21)15-9-17(22)16(11-24)18(10-15)26-4/h5,9-10,24H,6-8,11-13H2,1-4H3. The monoisotopic (exact) mass is 377 g/mol. The highest BCUT2D eigenvalue weighted by Crippen LogP contribution is 2.46. The van der Waals surface area contributed by atoms with Gasteiger partial charge in [-0.1, -0.05) is 6.08 Å². The molecule has 0 saturated carbocycles. The number of benzene rings is 1. The second-order valence-electron chi connectivity index (χ2n) is 8.57. The molecule has 1 aliphatic carbocycles. The first-order chi connectivity index (χ1) is 12.7. The molecule has 1 aromatic rings. The SMILES string of the molecule is COc1cc(C2=CCC3(CC2)CN(C(=O)OC(C)(C)C)C3)cc(F)c1CO. The van der Waals surface area contributed by atoms with Gasteiger partial charge in [-0.05, 0) is 63.3 Å². The summed E-state index contributed by atoms with van der Waals surface area (Å²) in [5.41, 5.74) is 1.68. The highest BCUT2D eigenvalue weighted by Gasteiger charge is 2.46. The van der Waals surface area contributed by atoms with E-state index < -0.39 is 18.0 Å². The maximum absolute atomic E-state index is 14.2. The number of methoxy groups -OCH3 is 1. The lowest BCUT2D eigenvalue weighted by atomic mass is 9.69. The summed E-state index contributed by atoms with van der Waals surface area (Å²) in [5.74, 6) is -0.0822. The van der Waals surface area contributed by atoms with Gasteiger partial charge in [0.05, 0.1) is 19.3 Å². The number of allylic oxidation sites excluding steroid dienone is 2. The van der Waals surface area contributed by atoms with Crippen LogP contribution in [-0.2, 0) is 11.3 Å². The minimum atomic E-state index is -0.483. The van der Waals surface area contributed by atoms with Gasteiger partial charge in [-0.2, -0.15) is 0 Å². The number of ether oxygens (including phenoxy) is 2. The molecule has 1 spiro atoms. The fraction of sp³-hybridized carbons (Fsp3) is 0.571. The van der Waals surface area contributed by atoms with E-state index >= 15 is 0 Å². The van der Waals surface area contributed by atoms with Gasteiger partial charge in [-0.15, -0.1) is 0 Å². The Labute approximate surface area is 159 Å². The number of aliphatic hydroxyl groups excluding tert-OH is 1. The minimum Gasteiger partial charge on any atom is -0.496 e. The van der Waals surface area contributed by atoms with Crippen LogP contribution in [0.1, 0.15) is 51.2 Å². The molecule has 1 aliphatic heterocycles. The highest BCUT2D eigenvalue weighted by atomic mass is 19.1. The van der Waals surface area contributed by atoms with E-state index in [1.54, 1.807) is 11.0 Å². The van der Waals surface area contributed by atoms with Crippen molar-refractivity contribution in [3.63, 3.8) is 0 Å². The maximum Gasteiger partial charge on any atom is 0.410 e. The van der Waals surface area contributed by atoms with Crippen molar-refractivity contribution in [2.75, 3.05) is 20.2 Å². The van der Waals surface area contributed by atoms with E-state index in [0.717, 1.165) is 30.4 Å². The Morgan fingerprint density at radius 2 is 2.04 bits per heavy atom. The molecule has 1 N–H and O–H groups in total. The van der Waals surface area contributed by atoms with Crippen LogP contribution in [0.4, 0.5) is 9.18 Å². The largest absolute Gasteiger partial charge is 0.496 e. The Balaban J connectivity index is 1.67. The molecule has 0 atom stereocenters. The third kappa shape index (κ3) is 4.10. The number of nitrogens with zero attached hydrogens (tertiary/aromatic N) is 1. The lowest BCUT2D eigenvalue weighted by molar-refractivity contribution is -0.0371. The molecule has 27 heavy (non-hydrogen) atoms. The first kappa shape index (κ1) is 19.7. The quantitative estimate of drug-likeness (QED) is 0.860. The van der Waals surface area contributed by atoms with Crippen LogP contribution in [0.5, 0.6) is 5.75 Å². The van der Waals surface area contributed by atoms with E-state index in [1.807, 2.05) is 20.8 Å². The molecule has 1 heterocycles. The topological polar surface area (TPSA) is 59.0 Å². The number of likely N-dealkylation sites (tertiary alicyclic amines) is 1. The summed E-state index contributed by atoms with van der Waals surface area (Å²) in [6.45, 7) is 6.61. The number of halogens is 1. The number of hydrogen-bond acceptors (Lipinski definition) is 4. The molecular weight excluding hydrogens is 349 g/mol. The van der Waals surface area contributed by atoms with Crippen LogP contribution in [0.15, 0.2) is 18.2 Å². The maximum atomic E-state index is 14.2. The minimum absolute atomic E-state index is 0.105. The summed E-state index contributed by atoms with van der Waals surface area (Å²) < 4.78 is 24.9. The number of rotatable bonds is 3. The van der Waals surface area contributed by atoms with Gasteiger partial charge in [0.1, 0.15) is 17.2 Å². The first-order valence-corrected chi connectivity index (χ1v) is 9.31. The zero-order chi connectivity index (χ0) is 19.8. The van der Waals surface area contributed by atoms with E-state index in [4.69, 9.17) is 9.47 Å². The lowest BCUT2D eigenvalue weighted by Gasteiger charge is -2.51. The van der Waals surface area contributed by atoms with Crippen molar-refractivity contribution in [2.45, 2.75) is 52.2 Å². The third-order valence-corrected chi connectivity index (χ3v) is 5.31. The zero-order valence-corrected chi connectivity index (χ0v) is 16.5. The van der Waals surface area contributed by atoms with E-state index in [9.17, 15) is 14.3 Å². The molecule has 0 aromatic heterocycles. The van der Waals surface area contributed by atoms with Gasteiger partial charge in [0.2, 0.25) is 0 Å². The summed E-state index contributed by atoms with van der Waals surface area (Å²) in [6, 6.07) is 3.25. The van der Waals surface area contributed by atoms with Gasteiger partial charge in [0.25, 0.3) is 0 Å². The average Bonchev–Trinajstić information content (AvgIpc) is 2.57. The second kappa shape index (κ2) is 7.15. The molecule has 1 aromatic carbocycles. The number of hydrogen-bond donors (Lipinski definition) is 1. The lowest BCUT2D eigenvalue weighted by Crippen LogP contribution is -2.59. The molecular formula is C21H28FNO4. The first-order valence-electron chi connectivity index (χ1n) is 9.31. The molecule has 3 rings (SSSR count). The highest BCUT2D eigenvalue weighted by molar-refractivity contribution is 5.71. The van der Waals surface area contributed by atoms with Crippen LogP contribution < -0.4 is 4.74 Å². The van der Waals surface area contributed by atoms with Crippen LogP contribution in [0.25, 0.3) is 5.57 Å². The number of carbonyl (C=O) groups is 1. The van der Waals surface area contributed by atoms with Crippen molar-refractivity contribution in [1.82, 2.24) is 4.90 Å². The summed E-state index contributed by atoms with van der Waals surface area (Å²) in [6.07, 6.45) is 4.51. The molecule has 6 heteroatoms. The Morgan fingerprint density at radius 3 is 2.56 bits per heavy atom. The number of aliphatic hydroxyl groups is 1. The van der Waals surface area contributed by atoms with Gasteiger partial charge < -0.3 is 19.5 Å².